The number of fused-ring (bicyclic) bond motifs is 1. The van der Waals surface area contributed by atoms with Crippen molar-refractivity contribution in [3.05, 3.63) is 74.4 Å². The SMILES string of the molecule is CC(C)n1c(=O)n(CC2CC2)c(=O)c2cc(NC(=O)N3CCCC(NC(=O)c4ccc(C(=O)O)cc4)C3)ccc21. The Bertz CT molecular complexity index is 1590. The number of carbonyl (C=O) groups is 3. The van der Waals surface area contributed by atoms with E-state index in [2.05, 4.69) is 10.6 Å². The van der Waals surface area contributed by atoms with Crippen LogP contribution in [0.25, 0.3) is 10.9 Å². The van der Waals surface area contributed by atoms with Crippen molar-refractivity contribution in [3.63, 3.8) is 0 Å². The zero-order chi connectivity index (χ0) is 28.6. The van der Waals surface area contributed by atoms with Crippen molar-refractivity contribution in [2.45, 2.75) is 58.2 Å². The van der Waals surface area contributed by atoms with Crippen molar-refractivity contribution in [2.24, 2.45) is 5.92 Å². The maximum absolute atomic E-state index is 13.3. The molecule has 0 bridgehead atoms. The summed E-state index contributed by atoms with van der Waals surface area (Å²) in [7, 11) is 0. The number of carboxylic acid groups (broad SMARTS) is 1. The number of rotatable bonds is 7. The monoisotopic (exact) mass is 547 g/mol. The van der Waals surface area contributed by atoms with Gasteiger partial charge in [-0.1, -0.05) is 0 Å². The Morgan fingerprint density at radius 2 is 1.70 bits per heavy atom. The summed E-state index contributed by atoms with van der Waals surface area (Å²) in [6.45, 7) is 5.03. The lowest BCUT2D eigenvalue weighted by molar-refractivity contribution is 0.0696. The van der Waals surface area contributed by atoms with E-state index < -0.39 is 5.97 Å². The quantitative estimate of drug-likeness (QED) is 0.414. The molecular formula is C29H33N5O6. The van der Waals surface area contributed by atoms with Crippen LogP contribution in [-0.4, -0.2) is 56.2 Å². The maximum atomic E-state index is 13.3. The molecule has 1 unspecified atom stereocenters. The van der Waals surface area contributed by atoms with Crippen LogP contribution >= 0.6 is 0 Å². The van der Waals surface area contributed by atoms with E-state index in [0.29, 0.717) is 60.5 Å². The van der Waals surface area contributed by atoms with Crippen LogP contribution in [0.4, 0.5) is 10.5 Å². The molecule has 0 spiro atoms. The van der Waals surface area contributed by atoms with Gasteiger partial charge in [0, 0.05) is 43.0 Å². The van der Waals surface area contributed by atoms with Crippen LogP contribution in [0.1, 0.15) is 66.3 Å². The molecule has 2 aliphatic rings. The zero-order valence-corrected chi connectivity index (χ0v) is 22.6. The van der Waals surface area contributed by atoms with Crippen LogP contribution in [0.5, 0.6) is 0 Å². The Hall–Kier alpha value is -4.41. The van der Waals surface area contributed by atoms with E-state index in [0.717, 1.165) is 12.8 Å². The lowest BCUT2D eigenvalue weighted by atomic mass is 10.0. The van der Waals surface area contributed by atoms with Gasteiger partial charge in [0.1, 0.15) is 0 Å². The van der Waals surface area contributed by atoms with E-state index in [9.17, 15) is 24.0 Å². The number of amides is 3. The van der Waals surface area contributed by atoms with Crippen molar-refractivity contribution in [1.29, 1.82) is 0 Å². The summed E-state index contributed by atoms with van der Waals surface area (Å²) < 4.78 is 2.94. The van der Waals surface area contributed by atoms with E-state index in [4.69, 9.17) is 5.11 Å². The summed E-state index contributed by atoms with van der Waals surface area (Å²) in [6.07, 6.45) is 3.42. The van der Waals surface area contributed by atoms with Gasteiger partial charge in [0.2, 0.25) is 0 Å². The number of anilines is 1. The Morgan fingerprint density at radius 1 is 1.00 bits per heavy atom. The third kappa shape index (κ3) is 5.63. The van der Waals surface area contributed by atoms with Crippen molar-refractivity contribution >= 4 is 34.5 Å². The summed E-state index contributed by atoms with van der Waals surface area (Å²) in [5.74, 6) is -1.05. The van der Waals surface area contributed by atoms with Crippen LogP contribution < -0.4 is 21.9 Å². The predicted molar refractivity (Wildman–Crippen MR) is 150 cm³/mol. The molecule has 1 aliphatic carbocycles. The fourth-order valence-electron chi connectivity index (χ4n) is 5.19. The van der Waals surface area contributed by atoms with Gasteiger partial charge in [0.05, 0.1) is 16.5 Å². The number of likely N-dealkylation sites (tertiary alicyclic amines) is 1. The summed E-state index contributed by atoms with van der Waals surface area (Å²) in [5, 5.41) is 15.2. The predicted octanol–water partition coefficient (Wildman–Crippen LogP) is 3.28. The van der Waals surface area contributed by atoms with Gasteiger partial charge in [-0.15, -0.1) is 0 Å². The lowest BCUT2D eigenvalue weighted by Gasteiger charge is -2.33. The molecule has 1 saturated heterocycles. The molecule has 1 atom stereocenters. The second kappa shape index (κ2) is 11.0. The number of hydrogen-bond donors (Lipinski definition) is 3. The van der Waals surface area contributed by atoms with Gasteiger partial charge in [-0.25, -0.2) is 14.4 Å². The number of carboxylic acids is 1. The molecule has 2 fully saturated rings. The fourth-order valence-corrected chi connectivity index (χ4v) is 5.19. The molecule has 3 amide bonds. The summed E-state index contributed by atoms with van der Waals surface area (Å²) in [6, 6.07) is 9.94. The number of nitrogens with one attached hydrogen (secondary N) is 2. The van der Waals surface area contributed by atoms with Gasteiger partial charge in [0.25, 0.3) is 11.5 Å². The van der Waals surface area contributed by atoms with E-state index in [-0.39, 0.29) is 40.8 Å². The molecular weight excluding hydrogens is 514 g/mol. The van der Waals surface area contributed by atoms with Crippen LogP contribution in [0, 0.1) is 5.92 Å². The van der Waals surface area contributed by atoms with Gasteiger partial charge in [-0.2, -0.15) is 0 Å². The normalized spacial score (nSPS) is 17.2. The first-order valence-corrected chi connectivity index (χ1v) is 13.6. The summed E-state index contributed by atoms with van der Waals surface area (Å²) >= 11 is 0. The molecule has 5 rings (SSSR count). The number of urea groups is 1. The van der Waals surface area contributed by atoms with Crippen molar-refractivity contribution < 1.29 is 19.5 Å². The van der Waals surface area contributed by atoms with E-state index in [1.807, 2.05) is 13.8 Å². The molecule has 2 aromatic carbocycles. The average molecular weight is 548 g/mol. The Kier molecular flexibility index (Phi) is 7.46. The Labute approximate surface area is 230 Å². The Balaban J connectivity index is 1.30. The number of aromatic carboxylic acids is 1. The minimum absolute atomic E-state index is 0.0973. The van der Waals surface area contributed by atoms with Crippen LogP contribution in [0.3, 0.4) is 0 Å². The molecule has 0 radical (unpaired) electrons. The molecule has 210 valence electrons. The minimum atomic E-state index is -1.06. The highest BCUT2D eigenvalue weighted by Crippen LogP contribution is 2.30. The Morgan fingerprint density at radius 3 is 2.35 bits per heavy atom. The molecule has 40 heavy (non-hydrogen) atoms. The average Bonchev–Trinajstić information content (AvgIpc) is 3.76. The van der Waals surface area contributed by atoms with Crippen molar-refractivity contribution in [1.82, 2.24) is 19.4 Å². The third-order valence-electron chi connectivity index (χ3n) is 7.51. The fraction of sp³-hybridized carbons (Fsp3) is 0.414. The second-order valence-electron chi connectivity index (χ2n) is 10.9. The van der Waals surface area contributed by atoms with Crippen LogP contribution in [0.2, 0.25) is 0 Å². The van der Waals surface area contributed by atoms with Gasteiger partial charge < -0.3 is 20.6 Å². The van der Waals surface area contributed by atoms with Gasteiger partial charge in [-0.05, 0) is 87.9 Å². The summed E-state index contributed by atoms with van der Waals surface area (Å²) in [5.41, 5.74) is 0.765. The highest BCUT2D eigenvalue weighted by Gasteiger charge is 2.27. The van der Waals surface area contributed by atoms with E-state index in [1.54, 1.807) is 27.7 Å². The highest BCUT2D eigenvalue weighted by molar-refractivity contribution is 5.96. The molecule has 11 heteroatoms. The highest BCUT2D eigenvalue weighted by atomic mass is 16.4. The molecule has 1 aromatic heterocycles. The maximum Gasteiger partial charge on any atom is 0.335 e. The first kappa shape index (κ1) is 27.2. The minimum Gasteiger partial charge on any atom is -0.478 e. The van der Waals surface area contributed by atoms with Crippen LogP contribution in [0.15, 0.2) is 52.1 Å². The number of benzene rings is 2. The third-order valence-corrected chi connectivity index (χ3v) is 7.51. The second-order valence-corrected chi connectivity index (χ2v) is 10.9. The largest absolute Gasteiger partial charge is 0.478 e. The molecule has 11 nitrogen and oxygen atoms in total. The number of nitrogens with zero attached hydrogens (tertiary/aromatic N) is 3. The number of carbonyl (C=O) groups excluding carboxylic acids is 2. The van der Waals surface area contributed by atoms with Gasteiger partial charge in [0.15, 0.2) is 0 Å². The molecule has 3 aromatic rings. The first-order chi connectivity index (χ1) is 19.1. The molecule has 2 heterocycles. The van der Waals surface area contributed by atoms with Crippen molar-refractivity contribution in [3.8, 4) is 0 Å². The molecule has 1 aliphatic heterocycles. The lowest BCUT2D eigenvalue weighted by Crippen LogP contribution is -2.50. The number of piperidine rings is 1. The standard InChI is InChI=1S/C29H33N5O6/c1-17(2)34-24-12-11-21(14-23(24)26(36)33(29(34)40)15-18-5-6-18)31-28(39)32-13-3-4-22(16-32)30-25(35)19-7-9-20(10-8-19)27(37)38/h7-12,14,17-18,22H,3-6,13,15-16H2,1-2H3,(H,30,35)(H,31,39)(H,37,38). The first-order valence-electron chi connectivity index (χ1n) is 13.6. The number of hydrogen-bond acceptors (Lipinski definition) is 5. The summed E-state index contributed by atoms with van der Waals surface area (Å²) in [4.78, 5) is 64.9. The van der Waals surface area contributed by atoms with Crippen LogP contribution in [-0.2, 0) is 6.54 Å². The van der Waals surface area contributed by atoms with Crippen molar-refractivity contribution in [2.75, 3.05) is 18.4 Å². The topological polar surface area (TPSA) is 143 Å². The van der Waals surface area contributed by atoms with Gasteiger partial charge in [-0.3, -0.25) is 18.7 Å². The molecule has 1 saturated carbocycles. The molecule has 3 N–H and O–H groups in total. The van der Waals surface area contributed by atoms with E-state index >= 15 is 0 Å². The van der Waals surface area contributed by atoms with E-state index in [1.165, 1.54) is 28.8 Å². The zero-order valence-electron chi connectivity index (χ0n) is 22.6. The number of aromatic nitrogens is 2. The van der Waals surface area contributed by atoms with Gasteiger partial charge >= 0.3 is 17.7 Å². The smallest absolute Gasteiger partial charge is 0.335 e.